The van der Waals surface area contributed by atoms with Crippen LogP contribution in [0.3, 0.4) is 0 Å². The van der Waals surface area contributed by atoms with Crippen molar-refractivity contribution in [2.45, 2.75) is 51.9 Å². The molecule has 1 saturated heterocycles. The Bertz CT molecular complexity index is 126. The molecule has 0 saturated carbocycles. The van der Waals surface area contributed by atoms with Gasteiger partial charge in [0.15, 0.2) is 0 Å². The molecule has 11 heavy (non-hydrogen) atoms. The normalized spacial score (nSPS) is 47.7. The van der Waals surface area contributed by atoms with Crippen LogP contribution in [0.4, 0.5) is 0 Å². The number of piperazine rings is 1. The first-order chi connectivity index (χ1) is 5.04. The number of hydrogen-bond acceptors (Lipinski definition) is 3. The van der Waals surface area contributed by atoms with Gasteiger partial charge in [0.1, 0.15) is 0 Å². The molecule has 0 amide bonds. The SMILES string of the molecule is CC1NC(C)C(C)N(O)C1C. The number of nitrogens with one attached hydrogen (secondary N) is 1. The minimum Gasteiger partial charge on any atom is -0.313 e. The summed E-state index contributed by atoms with van der Waals surface area (Å²) in [7, 11) is 0. The standard InChI is InChI=1S/C8H18N2O/c1-5-7(3)10(11)8(4)6(2)9-5/h5-9,11H,1-4H3. The van der Waals surface area contributed by atoms with Gasteiger partial charge in [-0.3, -0.25) is 0 Å². The van der Waals surface area contributed by atoms with E-state index in [0.29, 0.717) is 12.1 Å². The fraction of sp³-hybridized carbons (Fsp3) is 1.00. The van der Waals surface area contributed by atoms with Crippen LogP contribution in [0.1, 0.15) is 27.7 Å². The predicted octanol–water partition coefficient (Wildman–Crippen LogP) is 0.835. The zero-order valence-electron chi connectivity index (χ0n) is 7.70. The van der Waals surface area contributed by atoms with Gasteiger partial charge < -0.3 is 10.5 Å². The van der Waals surface area contributed by atoms with Crippen molar-refractivity contribution in [1.29, 1.82) is 0 Å². The van der Waals surface area contributed by atoms with E-state index in [4.69, 9.17) is 0 Å². The fourth-order valence-corrected chi connectivity index (χ4v) is 1.52. The van der Waals surface area contributed by atoms with Crippen LogP contribution in [-0.4, -0.2) is 34.4 Å². The summed E-state index contributed by atoms with van der Waals surface area (Å²) in [6.45, 7) is 8.24. The highest BCUT2D eigenvalue weighted by Crippen LogP contribution is 2.15. The van der Waals surface area contributed by atoms with Gasteiger partial charge in [-0.1, -0.05) is 0 Å². The average Bonchev–Trinajstić information content (AvgIpc) is 1.97. The van der Waals surface area contributed by atoms with E-state index in [0.717, 1.165) is 0 Å². The van der Waals surface area contributed by atoms with Crippen molar-refractivity contribution in [3.63, 3.8) is 0 Å². The lowest BCUT2D eigenvalue weighted by molar-refractivity contribution is -0.181. The largest absolute Gasteiger partial charge is 0.313 e. The first-order valence-electron chi connectivity index (χ1n) is 4.27. The van der Waals surface area contributed by atoms with Gasteiger partial charge in [-0.2, -0.15) is 5.06 Å². The van der Waals surface area contributed by atoms with Crippen LogP contribution in [0, 0.1) is 0 Å². The first-order valence-corrected chi connectivity index (χ1v) is 4.27. The molecule has 0 aromatic carbocycles. The number of hydroxylamine groups is 2. The van der Waals surface area contributed by atoms with Crippen molar-refractivity contribution >= 4 is 0 Å². The highest BCUT2D eigenvalue weighted by atomic mass is 16.5. The number of nitrogens with zero attached hydrogens (tertiary/aromatic N) is 1. The van der Waals surface area contributed by atoms with Crippen molar-refractivity contribution in [3.05, 3.63) is 0 Å². The third kappa shape index (κ3) is 1.55. The van der Waals surface area contributed by atoms with E-state index in [2.05, 4.69) is 19.2 Å². The van der Waals surface area contributed by atoms with E-state index >= 15 is 0 Å². The van der Waals surface area contributed by atoms with Crippen LogP contribution in [-0.2, 0) is 0 Å². The summed E-state index contributed by atoms with van der Waals surface area (Å²) >= 11 is 0. The van der Waals surface area contributed by atoms with Gasteiger partial charge >= 0.3 is 0 Å². The van der Waals surface area contributed by atoms with Gasteiger partial charge in [-0.15, -0.1) is 0 Å². The Balaban J connectivity index is 2.63. The summed E-state index contributed by atoms with van der Waals surface area (Å²) in [6.07, 6.45) is 0. The molecule has 2 N–H and O–H groups in total. The van der Waals surface area contributed by atoms with Gasteiger partial charge in [0.2, 0.25) is 0 Å². The molecule has 3 heteroatoms. The summed E-state index contributed by atoms with van der Waals surface area (Å²) in [6, 6.07) is 1.15. The maximum absolute atomic E-state index is 9.58. The van der Waals surface area contributed by atoms with E-state index < -0.39 is 0 Å². The molecule has 1 heterocycles. The molecule has 0 aromatic heterocycles. The van der Waals surface area contributed by atoms with Crippen LogP contribution in [0.2, 0.25) is 0 Å². The molecule has 1 aliphatic heterocycles. The summed E-state index contributed by atoms with van der Waals surface area (Å²) in [5, 5.41) is 14.4. The molecule has 4 atom stereocenters. The molecule has 0 bridgehead atoms. The summed E-state index contributed by atoms with van der Waals surface area (Å²) in [4.78, 5) is 0. The van der Waals surface area contributed by atoms with Crippen molar-refractivity contribution in [3.8, 4) is 0 Å². The van der Waals surface area contributed by atoms with E-state index in [-0.39, 0.29) is 12.1 Å². The van der Waals surface area contributed by atoms with Gasteiger partial charge in [-0.05, 0) is 27.7 Å². The Hall–Kier alpha value is -0.120. The summed E-state index contributed by atoms with van der Waals surface area (Å²) in [5.74, 6) is 0. The topological polar surface area (TPSA) is 35.5 Å². The smallest absolute Gasteiger partial charge is 0.0476 e. The molecule has 0 aliphatic carbocycles. The van der Waals surface area contributed by atoms with E-state index in [1.807, 2.05) is 13.8 Å². The van der Waals surface area contributed by atoms with Crippen LogP contribution in [0.5, 0.6) is 0 Å². The van der Waals surface area contributed by atoms with Crippen molar-refractivity contribution < 1.29 is 5.21 Å². The predicted molar refractivity (Wildman–Crippen MR) is 44.6 cm³/mol. The second-order valence-electron chi connectivity index (χ2n) is 3.61. The molecular formula is C8H18N2O. The Kier molecular flexibility index (Phi) is 2.52. The Labute approximate surface area is 68.3 Å². The van der Waals surface area contributed by atoms with Crippen molar-refractivity contribution in [2.75, 3.05) is 0 Å². The zero-order chi connectivity index (χ0) is 8.59. The number of hydrogen-bond donors (Lipinski definition) is 2. The average molecular weight is 158 g/mol. The highest BCUT2D eigenvalue weighted by molar-refractivity contribution is 4.89. The Morgan fingerprint density at radius 3 is 1.73 bits per heavy atom. The molecular weight excluding hydrogens is 140 g/mol. The van der Waals surface area contributed by atoms with E-state index in [1.165, 1.54) is 5.06 Å². The maximum atomic E-state index is 9.58. The molecule has 0 radical (unpaired) electrons. The minimum atomic E-state index is 0.209. The summed E-state index contributed by atoms with van der Waals surface area (Å²) < 4.78 is 0. The molecule has 1 aliphatic rings. The van der Waals surface area contributed by atoms with E-state index in [1.54, 1.807) is 0 Å². The van der Waals surface area contributed by atoms with Crippen LogP contribution < -0.4 is 5.32 Å². The molecule has 0 spiro atoms. The van der Waals surface area contributed by atoms with Gasteiger partial charge in [0.25, 0.3) is 0 Å². The highest BCUT2D eigenvalue weighted by Gasteiger charge is 2.32. The van der Waals surface area contributed by atoms with Gasteiger partial charge in [0, 0.05) is 24.2 Å². The zero-order valence-corrected chi connectivity index (χ0v) is 7.70. The second-order valence-corrected chi connectivity index (χ2v) is 3.61. The first kappa shape index (κ1) is 8.97. The van der Waals surface area contributed by atoms with Gasteiger partial charge in [-0.25, -0.2) is 0 Å². The van der Waals surface area contributed by atoms with Crippen LogP contribution in [0.25, 0.3) is 0 Å². The molecule has 1 rings (SSSR count). The van der Waals surface area contributed by atoms with Crippen molar-refractivity contribution in [1.82, 2.24) is 10.4 Å². The molecule has 0 aromatic rings. The molecule has 3 nitrogen and oxygen atoms in total. The number of rotatable bonds is 0. The summed E-state index contributed by atoms with van der Waals surface area (Å²) in [5.41, 5.74) is 0. The minimum absolute atomic E-state index is 0.209. The maximum Gasteiger partial charge on any atom is 0.0476 e. The second kappa shape index (κ2) is 3.09. The van der Waals surface area contributed by atoms with Crippen LogP contribution >= 0.6 is 0 Å². The Morgan fingerprint density at radius 1 is 1.00 bits per heavy atom. The van der Waals surface area contributed by atoms with Crippen molar-refractivity contribution in [2.24, 2.45) is 0 Å². The quantitative estimate of drug-likeness (QED) is 0.548. The van der Waals surface area contributed by atoms with Gasteiger partial charge in [0.05, 0.1) is 0 Å². The molecule has 1 fully saturated rings. The third-order valence-corrected chi connectivity index (χ3v) is 2.81. The van der Waals surface area contributed by atoms with E-state index in [9.17, 15) is 5.21 Å². The Morgan fingerprint density at radius 2 is 1.36 bits per heavy atom. The monoisotopic (exact) mass is 158 g/mol. The fourth-order valence-electron chi connectivity index (χ4n) is 1.52. The van der Waals surface area contributed by atoms with Crippen LogP contribution in [0.15, 0.2) is 0 Å². The lowest BCUT2D eigenvalue weighted by atomic mass is 10.0. The molecule has 4 unspecified atom stereocenters. The third-order valence-electron chi connectivity index (χ3n) is 2.81. The molecule has 66 valence electrons. The lowest BCUT2D eigenvalue weighted by Crippen LogP contribution is -2.62. The lowest BCUT2D eigenvalue weighted by Gasteiger charge is -2.42.